The average Bonchev–Trinajstić information content (AvgIpc) is 2.26. The Morgan fingerprint density at radius 3 is 2.88 bits per heavy atom. The van der Waals surface area contributed by atoms with Crippen LogP contribution in [0, 0.1) is 5.92 Å². The highest BCUT2D eigenvalue weighted by atomic mass is 35.5. The van der Waals surface area contributed by atoms with Crippen LogP contribution in [0.15, 0.2) is 17.3 Å². The Labute approximate surface area is 108 Å². The first-order chi connectivity index (χ1) is 7.54. The van der Waals surface area contributed by atoms with E-state index in [2.05, 4.69) is 9.72 Å². The lowest BCUT2D eigenvalue weighted by molar-refractivity contribution is -0.143. The molecule has 0 saturated heterocycles. The van der Waals surface area contributed by atoms with Gasteiger partial charge in [-0.3, -0.25) is 4.79 Å². The van der Waals surface area contributed by atoms with Crippen molar-refractivity contribution in [3.05, 3.63) is 22.3 Å². The first kappa shape index (κ1) is 13.6. The molecule has 1 aromatic rings. The monoisotopic (exact) mass is 279 g/mol. The molecule has 0 fully saturated rings. The number of rotatable bonds is 4. The van der Waals surface area contributed by atoms with Gasteiger partial charge in [-0.15, -0.1) is 11.8 Å². The predicted molar refractivity (Wildman–Crippen MR) is 66.2 cm³/mol. The van der Waals surface area contributed by atoms with Gasteiger partial charge >= 0.3 is 5.97 Å². The molecule has 0 N–H and O–H groups in total. The molecule has 0 bridgehead atoms. The molecule has 88 valence electrons. The van der Waals surface area contributed by atoms with Gasteiger partial charge in [-0.25, -0.2) is 4.98 Å². The number of esters is 1. The molecule has 1 rings (SSSR count). The number of hydrogen-bond donors (Lipinski definition) is 0. The standard InChI is InChI=1S/C10H11Cl2NO2S/c1-6(10(14)15-2)5-16-9-8(12)3-7(11)4-13-9/h3-4,6H,5H2,1-2H3. The fourth-order valence-corrected chi connectivity index (χ4v) is 2.39. The lowest BCUT2D eigenvalue weighted by Gasteiger charge is -2.08. The Balaban J connectivity index is 2.58. The molecule has 0 aliphatic carbocycles. The maximum Gasteiger partial charge on any atom is 0.309 e. The summed E-state index contributed by atoms with van der Waals surface area (Å²) in [7, 11) is 1.37. The summed E-state index contributed by atoms with van der Waals surface area (Å²) in [6, 6.07) is 1.63. The van der Waals surface area contributed by atoms with Crippen LogP contribution in [-0.4, -0.2) is 23.8 Å². The smallest absolute Gasteiger partial charge is 0.309 e. The molecule has 3 nitrogen and oxygen atoms in total. The van der Waals surface area contributed by atoms with Crippen molar-refractivity contribution in [1.82, 2.24) is 4.98 Å². The second kappa shape index (κ2) is 6.33. The van der Waals surface area contributed by atoms with E-state index < -0.39 is 0 Å². The number of halogens is 2. The van der Waals surface area contributed by atoms with E-state index in [1.165, 1.54) is 25.1 Å². The third kappa shape index (κ3) is 3.85. The molecule has 0 aliphatic heterocycles. The Morgan fingerprint density at radius 1 is 1.62 bits per heavy atom. The number of ether oxygens (including phenoxy) is 1. The van der Waals surface area contributed by atoms with Gasteiger partial charge in [-0.2, -0.15) is 0 Å². The van der Waals surface area contributed by atoms with Crippen molar-refractivity contribution in [2.45, 2.75) is 11.9 Å². The molecule has 0 spiro atoms. The molecule has 0 amide bonds. The minimum atomic E-state index is -0.238. The molecule has 0 saturated carbocycles. The van der Waals surface area contributed by atoms with Crippen LogP contribution in [0.25, 0.3) is 0 Å². The van der Waals surface area contributed by atoms with Crippen LogP contribution in [-0.2, 0) is 9.53 Å². The molecular formula is C10H11Cl2NO2S. The van der Waals surface area contributed by atoms with Crippen LogP contribution in [0.3, 0.4) is 0 Å². The van der Waals surface area contributed by atoms with Crippen molar-refractivity contribution in [3.8, 4) is 0 Å². The molecule has 1 atom stereocenters. The van der Waals surface area contributed by atoms with Gasteiger partial charge in [0, 0.05) is 11.9 Å². The number of nitrogens with zero attached hydrogens (tertiary/aromatic N) is 1. The van der Waals surface area contributed by atoms with Gasteiger partial charge in [-0.05, 0) is 6.07 Å². The van der Waals surface area contributed by atoms with Gasteiger partial charge in [0.05, 0.1) is 23.1 Å². The summed E-state index contributed by atoms with van der Waals surface area (Å²) in [6.07, 6.45) is 1.53. The highest BCUT2D eigenvalue weighted by Crippen LogP contribution is 2.28. The molecule has 1 heterocycles. The maximum absolute atomic E-state index is 11.2. The fraction of sp³-hybridized carbons (Fsp3) is 0.400. The average molecular weight is 280 g/mol. The fourth-order valence-electron chi connectivity index (χ4n) is 0.981. The number of methoxy groups -OCH3 is 1. The first-order valence-electron chi connectivity index (χ1n) is 4.56. The van der Waals surface area contributed by atoms with Crippen molar-refractivity contribution in [2.75, 3.05) is 12.9 Å². The van der Waals surface area contributed by atoms with E-state index >= 15 is 0 Å². The van der Waals surface area contributed by atoms with Crippen LogP contribution in [0.2, 0.25) is 10.0 Å². The molecule has 6 heteroatoms. The van der Waals surface area contributed by atoms with E-state index in [-0.39, 0.29) is 11.9 Å². The highest BCUT2D eigenvalue weighted by Gasteiger charge is 2.14. The van der Waals surface area contributed by atoms with Crippen molar-refractivity contribution >= 4 is 40.9 Å². The maximum atomic E-state index is 11.2. The van der Waals surface area contributed by atoms with E-state index in [9.17, 15) is 4.79 Å². The quantitative estimate of drug-likeness (QED) is 0.626. The van der Waals surface area contributed by atoms with Crippen molar-refractivity contribution in [3.63, 3.8) is 0 Å². The Morgan fingerprint density at radius 2 is 2.31 bits per heavy atom. The van der Waals surface area contributed by atoms with Gasteiger partial charge < -0.3 is 4.74 Å². The second-order valence-electron chi connectivity index (χ2n) is 3.18. The summed E-state index contributed by atoms with van der Waals surface area (Å²) in [5.74, 6) is 0.141. The number of aromatic nitrogens is 1. The molecule has 16 heavy (non-hydrogen) atoms. The van der Waals surface area contributed by atoms with Crippen LogP contribution in [0.1, 0.15) is 6.92 Å². The zero-order valence-electron chi connectivity index (χ0n) is 8.87. The number of carbonyl (C=O) groups is 1. The first-order valence-corrected chi connectivity index (χ1v) is 6.30. The van der Waals surface area contributed by atoms with E-state index in [0.29, 0.717) is 20.8 Å². The second-order valence-corrected chi connectivity index (χ2v) is 5.03. The third-order valence-electron chi connectivity index (χ3n) is 1.85. The van der Waals surface area contributed by atoms with Crippen LogP contribution in [0.5, 0.6) is 0 Å². The zero-order valence-corrected chi connectivity index (χ0v) is 11.2. The van der Waals surface area contributed by atoms with Gasteiger partial charge in [0.1, 0.15) is 5.03 Å². The number of hydrogen-bond acceptors (Lipinski definition) is 4. The van der Waals surface area contributed by atoms with E-state index in [0.717, 1.165) is 0 Å². The minimum Gasteiger partial charge on any atom is -0.469 e. The third-order valence-corrected chi connectivity index (χ3v) is 3.72. The minimum absolute atomic E-state index is 0.191. The lowest BCUT2D eigenvalue weighted by Crippen LogP contribution is -2.14. The largest absolute Gasteiger partial charge is 0.469 e. The number of thioether (sulfide) groups is 1. The van der Waals surface area contributed by atoms with Gasteiger partial charge in [0.15, 0.2) is 0 Å². The molecule has 0 aromatic carbocycles. The molecule has 1 unspecified atom stereocenters. The predicted octanol–water partition coefficient (Wildman–Crippen LogP) is 3.29. The Bertz CT molecular complexity index is 387. The van der Waals surface area contributed by atoms with Crippen molar-refractivity contribution < 1.29 is 9.53 Å². The Hall–Kier alpha value is -0.450. The number of carbonyl (C=O) groups excluding carboxylic acids is 1. The van der Waals surface area contributed by atoms with E-state index in [1.54, 1.807) is 13.0 Å². The Kier molecular flexibility index (Phi) is 5.38. The van der Waals surface area contributed by atoms with Crippen LogP contribution >= 0.6 is 35.0 Å². The van der Waals surface area contributed by atoms with Gasteiger partial charge in [0.25, 0.3) is 0 Å². The lowest BCUT2D eigenvalue weighted by atomic mass is 10.2. The summed E-state index contributed by atoms with van der Waals surface area (Å²) >= 11 is 13.1. The zero-order chi connectivity index (χ0) is 12.1. The molecule has 0 aliphatic rings. The van der Waals surface area contributed by atoms with Crippen molar-refractivity contribution in [1.29, 1.82) is 0 Å². The topological polar surface area (TPSA) is 39.2 Å². The molecular weight excluding hydrogens is 269 g/mol. The summed E-state index contributed by atoms with van der Waals surface area (Å²) in [5.41, 5.74) is 0. The normalized spacial score (nSPS) is 12.2. The van der Waals surface area contributed by atoms with E-state index in [4.69, 9.17) is 23.2 Å². The summed E-state index contributed by atoms with van der Waals surface area (Å²) in [6.45, 7) is 1.79. The van der Waals surface area contributed by atoms with Gasteiger partial charge in [0.2, 0.25) is 0 Å². The highest BCUT2D eigenvalue weighted by molar-refractivity contribution is 7.99. The van der Waals surface area contributed by atoms with Crippen LogP contribution in [0.4, 0.5) is 0 Å². The molecule has 1 aromatic heterocycles. The summed E-state index contributed by atoms with van der Waals surface area (Å²) < 4.78 is 4.62. The SMILES string of the molecule is COC(=O)C(C)CSc1ncc(Cl)cc1Cl. The van der Waals surface area contributed by atoms with Gasteiger partial charge in [-0.1, -0.05) is 30.1 Å². The summed E-state index contributed by atoms with van der Waals surface area (Å²) in [5, 5.41) is 1.66. The van der Waals surface area contributed by atoms with Crippen LogP contribution < -0.4 is 0 Å². The van der Waals surface area contributed by atoms with Crippen molar-refractivity contribution in [2.24, 2.45) is 5.92 Å². The number of pyridine rings is 1. The molecule has 0 radical (unpaired) electrons. The van der Waals surface area contributed by atoms with E-state index in [1.807, 2.05) is 0 Å². The summed E-state index contributed by atoms with van der Waals surface area (Å²) in [4.78, 5) is 15.2.